The highest BCUT2D eigenvalue weighted by atomic mass is 16.5. The van der Waals surface area contributed by atoms with Gasteiger partial charge in [0.05, 0.1) is 18.1 Å². The maximum Gasteiger partial charge on any atom is 0.190 e. The second-order valence-electron chi connectivity index (χ2n) is 12.9. The van der Waals surface area contributed by atoms with Gasteiger partial charge >= 0.3 is 0 Å². The molecule has 5 heteroatoms. The number of hydrogen-bond donors (Lipinski definition) is 0. The van der Waals surface area contributed by atoms with Crippen molar-refractivity contribution in [3.05, 3.63) is 74.4 Å². The Kier molecular flexibility index (Phi) is 6.26. The first-order chi connectivity index (χ1) is 18.6. The van der Waals surface area contributed by atoms with E-state index in [1.165, 1.54) is 6.92 Å². The fourth-order valence-corrected chi connectivity index (χ4v) is 8.36. The number of aldehydes is 1. The molecule has 208 valence electrons. The molecule has 0 bridgehead atoms. The first-order valence-corrected chi connectivity index (χ1v) is 13.9. The minimum Gasteiger partial charge on any atom is -0.496 e. The van der Waals surface area contributed by atoms with Crippen molar-refractivity contribution in [2.24, 2.45) is 16.2 Å². The maximum atomic E-state index is 14.7. The number of hydrogen-bond acceptors (Lipinski definition) is 5. The summed E-state index contributed by atoms with van der Waals surface area (Å²) in [6, 6.07) is 7.46. The molecular weight excluding hydrogens is 500 g/mol. The summed E-state index contributed by atoms with van der Waals surface area (Å²) in [5.41, 5.74) is 6.48. The summed E-state index contributed by atoms with van der Waals surface area (Å²) in [5, 5.41) is 0. The van der Waals surface area contributed by atoms with E-state index in [4.69, 9.17) is 4.74 Å². The number of allylic oxidation sites excluding steroid dienone is 4. The van der Waals surface area contributed by atoms with Crippen LogP contribution in [-0.2, 0) is 16.0 Å². The van der Waals surface area contributed by atoms with Crippen LogP contribution in [0.4, 0.5) is 0 Å². The summed E-state index contributed by atoms with van der Waals surface area (Å²) in [4.78, 5) is 53.0. The Labute approximate surface area is 236 Å². The SMILES string of the molecule is COc1ccc(C=O)cc1-c1cc(C)c(C)c2c1CC1(C)CC3(C)CC(C)=C(C(C)=O)C(=O)C3(C)C(C)=C1C2=O. The molecule has 0 heterocycles. The average Bonchev–Trinajstić information content (AvgIpc) is 2.87. The third kappa shape index (κ3) is 3.52. The Hall–Kier alpha value is -3.60. The third-order valence-corrected chi connectivity index (χ3v) is 10.5. The van der Waals surface area contributed by atoms with Crippen molar-refractivity contribution >= 4 is 23.6 Å². The number of carbonyl (C=O) groups excluding carboxylic acids is 4. The molecule has 0 aliphatic heterocycles. The van der Waals surface area contributed by atoms with E-state index in [1.54, 1.807) is 19.2 Å². The van der Waals surface area contributed by atoms with Crippen molar-refractivity contribution in [1.29, 1.82) is 0 Å². The minimum atomic E-state index is -0.947. The van der Waals surface area contributed by atoms with Crippen LogP contribution in [0.1, 0.15) is 91.8 Å². The van der Waals surface area contributed by atoms with E-state index >= 15 is 0 Å². The van der Waals surface area contributed by atoms with Crippen LogP contribution in [-0.4, -0.2) is 30.7 Å². The number of methoxy groups -OCH3 is 1. The topological polar surface area (TPSA) is 77.5 Å². The van der Waals surface area contributed by atoms with Gasteiger partial charge in [-0.25, -0.2) is 0 Å². The Morgan fingerprint density at radius 2 is 1.65 bits per heavy atom. The molecule has 40 heavy (non-hydrogen) atoms. The summed E-state index contributed by atoms with van der Waals surface area (Å²) in [7, 11) is 1.61. The molecule has 0 spiro atoms. The molecule has 2 aromatic rings. The molecule has 3 aliphatic carbocycles. The third-order valence-electron chi connectivity index (χ3n) is 10.5. The number of carbonyl (C=O) groups is 4. The summed E-state index contributed by atoms with van der Waals surface area (Å²) in [5.74, 6) is 0.236. The molecule has 3 atom stereocenters. The molecule has 0 saturated carbocycles. The summed E-state index contributed by atoms with van der Waals surface area (Å²) in [6.45, 7) is 15.5. The zero-order valence-corrected chi connectivity index (χ0v) is 25.0. The Balaban J connectivity index is 1.81. The van der Waals surface area contributed by atoms with Crippen molar-refractivity contribution in [2.45, 2.75) is 74.7 Å². The van der Waals surface area contributed by atoms with Crippen molar-refractivity contribution in [3.63, 3.8) is 0 Å². The quantitative estimate of drug-likeness (QED) is 0.305. The number of aryl methyl sites for hydroxylation is 1. The van der Waals surface area contributed by atoms with Gasteiger partial charge in [0.25, 0.3) is 0 Å². The zero-order valence-electron chi connectivity index (χ0n) is 25.0. The highest BCUT2D eigenvalue weighted by molar-refractivity contribution is 6.24. The molecule has 0 radical (unpaired) electrons. The first-order valence-electron chi connectivity index (χ1n) is 13.9. The van der Waals surface area contributed by atoms with Crippen molar-refractivity contribution in [3.8, 4) is 16.9 Å². The highest BCUT2D eigenvalue weighted by Gasteiger charge is 2.63. The van der Waals surface area contributed by atoms with Crippen LogP contribution in [0.25, 0.3) is 11.1 Å². The second-order valence-corrected chi connectivity index (χ2v) is 12.9. The molecule has 0 aromatic heterocycles. The van der Waals surface area contributed by atoms with Gasteiger partial charge < -0.3 is 4.74 Å². The monoisotopic (exact) mass is 538 g/mol. The van der Waals surface area contributed by atoms with E-state index in [0.29, 0.717) is 47.3 Å². The highest BCUT2D eigenvalue weighted by Crippen LogP contribution is 2.66. The standard InChI is InChI=1S/C35H38O5/c1-18-12-24(25-13-23(16-36)10-11-27(25)40-9)26-15-33(6)17-34(7)14-19(2)28(22(5)37)32(39)35(34,8)21(4)30(33)31(38)29(26)20(18)3/h10-13,16H,14-15,17H2,1-9H3. The first kappa shape index (κ1) is 27.9. The predicted molar refractivity (Wildman–Crippen MR) is 156 cm³/mol. The molecule has 0 amide bonds. The fourth-order valence-electron chi connectivity index (χ4n) is 8.36. The Morgan fingerprint density at radius 1 is 0.975 bits per heavy atom. The predicted octanol–water partition coefficient (Wildman–Crippen LogP) is 7.15. The molecule has 0 saturated heterocycles. The van der Waals surface area contributed by atoms with Gasteiger partial charge in [-0.2, -0.15) is 0 Å². The lowest BCUT2D eigenvalue weighted by molar-refractivity contribution is -0.134. The van der Waals surface area contributed by atoms with Gasteiger partial charge in [0, 0.05) is 27.7 Å². The molecule has 0 N–H and O–H groups in total. The Bertz CT molecular complexity index is 1620. The maximum absolute atomic E-state index is 14.7. The average molecular weight is 539 g/mol. The number of ketones is 3. The van der Waals surface area contributed by atoms with E-state index in [0.717, 1.165) is 45.2 Å². The van der Waals surface area contributed by atoms with Gasteiger partial charge in [-0.15, -0.1) is 0 Å². The van der Waals surface area contributed by atoms with Crippen LogP contribution in [0.15, 0.2) is 46.6 Å². The van der Waals surface area contributed by atoms with Crippen LogP contribution in [0.5, 0.6) is 5.75 Å². The number of Topliss-reactive ketones (excluding diaryl/α,β-unsaturated/α-hetero) is 3. The van der Waals surface area contributed by atoms with Crippen molar-refractivity contribution in [2.75, 3.05) is 7.11 Å². The van der Waals surface area contributed by atoms with Crippen LogP contribution in [0.2, 0.25) is 0 Å². The lowest BCUT2D eigenvalue weighted by Crippen LogP contribution is -2.57. The van der Waals surface area contributed by atoms with Gasteiger partial charge in [0.2, 0.25) is 0 Å². The molecular formula is C35H38O5. The van der Waals surface area contributed by atoms with E-state index in [-0.39, 0.29) is 17.3 Å². The molecule has 0 fully saturated rings. The number of benzene rings is 2. The van der Waals surface area contributed by atoms with Gasteiger partial charge in [0.15, 0.2) is 17.3 Å². The van der Waals surface area contributed by atoms with Gasteiger partial charge in [0.1, 0.15) is 12.0 Å². The Morgan fingerprint density at radius 3 is 2.25 bits per heavy atom. The summed E-state index contributed by atoms with van der Waals surface area (Å²) in [6.07, 6.45) is 2.70. The van der Waals surface area contributed by atoms with Crippen LogP contribution >= 0.6 is 0 Å². The van der Waals surface area contributed by atoms with Gasteiger partial charge in [-0.05, 0) is 107 Å². The van der Waals surface area contributed by atoms with E-state index < -0.39 is 16.2 Å². The molecule has 3 aliphatic rings. The van der Waals surface area contributed by atoms with Gasteiger partial charge in [-0.1, -0.05) is 31.1 Å². The number of fused-ring (bicyclic) bond motifs is 3. The molecule has 3 unspecified atom stereocenters. The van der Waals surface area contributed by atoms with E-state index in [1.807, 2.05) is 40.7 Å². The lowest BCUT2D eigenvalue weighted by Gasteiger charge is -2.59. The number of ether oxygens (including phenoxy) is 1. The summed E-state index contributed by atoms with van der Waals surface area (Å²) >= 11 is 0. The van der Waals surface area contributed by atoms with Crippen molar-refractivity contribution in [1.82, 2.24) is 0 Å². The van der Waals surface area contributed by atoms with Crippen molar-refractivity contribution < 1.29 is 23.9 Å². The normalized spacial score (nSPS) is 27.7. The van der Waals surface area contributed by atoms with Crippen LogP contribution < -0.4 is 4.74 Å². The smallest absolute Gasteiger partial charge is 0.190 e. The lowest BCUT2D eigenvalue weighted by atomic mass is 9.42. The molecule has 5 nitrogen and oxygen atoms in total. The fraction of sp³-hybridized carbons (Fsp3) is 0.429. The largest absolute Gasteiger partial charge is 0.496 e. The zero-order chi connectivity index (χ0) is 29.5. The minimum absolute atomic E-state index is 0.0408. The van der Waals surface area contributed by atoms with E-state index in [2.05, 4.69) is 19.9 Å². The van der Waals surface area contributed by atoms with Crippen LogP contribution in [0, 0.1) is 30.1 Å². The van der Waals surface area contributed by atoms with E-state index in [9.17, 15) is 19.2 Å². The number of rotatable bonds is 4. The second kappa shape index (κ2) is 8.95. The van der Waals surface area contributed by atoms with Crippen LogP contribution in [0.3, 0.4) is 0 Å². The summed E-state index contributed by atoms with van der Waals surface area (Å²) < 4.78 is 5.71. The van der Waals surface area contributed by atoms with Gasteiger partial charge in [-0.3, -0.25) is 19.2 Å². The molecule has 5 rings (SSSR count). The molecule has 2 aromatic carbocycles.